The molecule has 0 saturated carbocycles. The molecule has 1 heterocycles. The Kier molecular flexibility index (Phi) is 6.94. The number of aromatic nitrogens is 1. The zero-order chi connectivity index (χ0) is 22.4. The standard InChI is InChI=1S/C23H23N3O5/c24-17(22(29)25-18(10-11-27)23(30)31)13-21(28)20-12-16-8-4-5-9-19(16)26(20)14-15-6-2-1-3-7-15/h1-9,11-12,17-18H,10,13-14,24H2,(H,25,29)(H,30,31). The van der Waals surface area contributed by atoms with Gasteiger partial charge in [0.05, 0.1) is 11.7 Å². The van der Waals surface area contributed by atoms with Crippen molar-refractivity contribution in [2.45, 2.75) is 31.5 Å². The number of para-hydroxylation sites is 1. The fraction of sp³-hybridized carbons (Fsp3) is 0.217. The van der Waals surface area contributed by atoms with Crippen LogP contribution in [0.1, 0.15) is 28.9 Å². The number of ketones is 1. The number of carboxylic acids is 1. The van der Waals surface area contributed by atoms with Crippen LogP contribution in [0.2, 0.25) is 0 Å². The summed E-state index contributed by atoms with van der Waals surface area (Å²) in [7, 11) is 0. The third kappa shape index (κ3) is 5.23. The number of benzene rings is 2. The number of nitrogens with zero attached hydrogens (tertiary/aromatic N) is 1. The Morgan fingerprint density at radius 1 is 1.06 bits per heavy atom. The number of hydrogen-bond acceptors (Lipinski definition) is 5. The minimum Gasteiger partial charge on any atom is -0.480 e. The van der Waals surface area contributed by atoms with Crippen molar-refractivity contribution in [3.8, 4) is 0 Å². The molecule has 0 bridgehead atoms. The van der Waals surface area contributed by atoms with Gasteiger partial charge < -0.3 is 25.5 Å². The molecule has 1 amide bonds. The molecule has 0 aliphatic carbocycles. The van der Waals surface area contributed by atoms with Crippen LogP contribution < -0.4 is 11.1 Å². The van der Waals surface area contributed by atoms with Crippen molar-refractivity contribution in [1.82, 2.24) is 9.88 Å². The highest BCUT2D eigenvalue weighted by Crippen LogP contribution is 2.23. The number of carbonyl (C=O) groups excluding carboxylic acids is 3. The molecule has 8 nitrogen and oxygen atoms in total. The molecule has 2 aromatic carbocycles. The molecular formula is C23H23N3O5. The number of hydrogen-bond donors (Lipinski definition) is 3. The summed E-state index contributed by atoms with van der Waals surface area (Å²) in [5, 5.41) is 12.2. The van der Waals surface area contributed by atoms with Gasteiger partial charge in [-0.05, 0) is 17.7 Å². The highest BCUT2D eigenvalue weighted by atomic mass is 16.4. The topological polar surface area (TPSA) is 131 Å². The first-order chi connectivity index (χ1) is 14.9. The number of fused-ring (bicyclic) bond motifs is 1. The number of aldehydes is 1. The largest absolute Gasteiger partial charge is 0.480 e. The lowest BCUT2D eigenvalue weighted by molar-refractivity contribution is -0.142. The van der Waals surface area contributed by atoms with Gasteiger partial charge in [0, 0.05) is 30.3 Å². The van der Waals surface area contributed by atoms with Crippen molar-refractivity contribution in [3.05, 3.63) is 71.9 Å². The summed E-state index contributed by atoms with van der Waals surface area (Å²) in [5.74, 6) is -2.48. The van der Waals surface area contributed by atoms with Crippen LogP contribution in [0.5, 0.6) is 0 Å². The summed E-state index contributed by atoms with van der Waals surface area (Å²) < 4.78 is 1.88. The van der Waals surface area contributed by atoms with Gasteiger partial charge in [0.15, 0.2) is 5.78 Å². The Bertz CT molecular complexity index is 1110. The molecule has 0 aliphatic rings. The van der Waals surface area contributed by atoms with Gasteiger partial charge in [0.2, 0.25) is 5.91 Å². The van der Waals surface area contributed by atoms with E-state index in [0.29, 0.717) is 18.5 Å². The smallest absolute Gasteiger partial charge is 0.326 e. The van der Waals surface area contributed by atoms with Crippen LogP contribution in [0.3, 0.4) is 0 Å². The summed E-state index contributed by atoms with van der Waals surface area (Å²) in [6, 6.07) is 16.4. The molecule has 160 valence electrons. The van der Waals surface area contributed by atoms with Gasteiger partial charge in [0.25, 0.3) is 0 Å². The number of carbonyl (C=O) groups is 4. The second kappa shape index (κ2) is 9.82. The summed E-state index contributed by atoms with van der Waals surface area (Å²) in [5.41, 5.74) is 8.18. The van der Waals surface area contributed by atoms with Crippen molar-refractivity contribution >= 4 is 34.8 Å². The fourth-order valence-corrected chi connectivity index (χ4v) is 3.37. The van der Waals surface area contributed by atoms with Gasteiger partial charge in [0.1, 0.15) is 12.3 Å². The minimum absolute atomic E-state index is 0.301. The second-order valence-corrected chi connectivity index (χ2v) is 7.20. The van der Waals surface area contributed by atoms with E-state index >= 15 is 0 Å². The average Bonchev–Trinajstić information content (AvgIpc) is 3.12. The lowest BCUT2D eigenvalue weighted by atomic mass is 10.1. The molecule has 8 heteroatoms. The van der Waals surface area contributed by atoms with E-state index < -0.39 is 24.0 Å². The molecule has 2 unspecified atom stereocenters. The van der Waals surface area contributed by atoms with Crippen LogP contribution in [0.25, 0.3) is 10.9 Å². The fourth-order valence-electron chi connectivity index (χ4n) is 3.37. The Morgan fingerprint density at radius 3 is 2.42 bits per heavy atom. The molecule has 3 rings (SSSR count). The number of nitrogens with one attached hydrogen (secondary N) is 1. The number of nitrogens with two attached hydrogens (primary N) is 1. The number of carboxylic acid groups (broad SMARTS) is 1. The Balaban J connectivity index is 1.81. The molecule has 0 spiro atoms. The normalized spacial score (nSPS) is 12.8. The molecule has 4 N–H and O–H groups in total. The van der Waals surface area contributed by atoms with E-state index in [2.05, 4.69) is 5.32 Å². The maximum atomic E-state index is 13.0. The van der Waals surface area contributed by atoms with E-state index in [0.717, 1.165) is 16.5 Å². The molecule has 1 aromatic heterocycles. The van der Waals surface area contributed by atoms with Crippen molar-refractivity contribution in [3.63, 3.8) is 0 Å². The molecule has 31 heavy (non-hydrogen) atoms. The molecule has 0 saturated heterocycles. The van der Waals surface area contributed by atoms with Crippen molar-refractivity contribution in [1.29, 1.82) is 0 Å². The van der Waals surface area contributed by atoms with Crippen LogP contribution in [-0.2, 0) is 20.9 Å². The molecule has 0 radical (unpaired) electrons. The number of Topliss-reactive ketones (excluding diaryl/α,β-unsaturated/α-hetero) is 1. The number of rotatable bonds is 10. The van der Waals surface area contributed by atoms with E-state index in [1.54, 1.807) is 6.07 Å². The van der Waals surface area contributed by atoms with E-state index in [-0.39, 0.29) is 18.6 Å². The second-order valence-electron chi connectivity index (χ2n) is 7.20. The first-order valence-electron chi connectivity index (χ1n) is 9.78. The van der Waals surface area contributed by atoms with Gasteiger partial charge in [-0.2, -0.15) is 0 Å². The van der Waals surface area contributed by atoms with Gasteiger partial charge in [-0.15, -0.1) is 0 Å². The summed E-state index contributed by atoms with van der Waals surface area (Å²) in [6.07, 6.45) is -0.283. The van der Waals surface area contributed by atoms with Crippen molar-refractivity contribution in [2.24, 2.45) is 5.73 Å². The summed E-state index contributed by atoms with van der Waals surface area (Å²) in [6.45, 7) is 0.470. The number of aliphatic carboxylic acids is 1. The first kappa shape index (κ1) is 21.9. The number of amides is 1. The Hall–Kier alpha value is -3.78. The van der Waals surface area contributed by atoms with Crippen molar-refractivity contribution in [2.75, 3.05) is 0 Å². The molecule has 0 fully saturated rings. The third-order valence-electron chi connectivity index (χ3n) is 4.97. The van der Waals surface area contributed by atoms with Crippen LogP contribution in [0.15, 0.2) is 60.7 Å². The van der Waals surface area contributed by atoms with Crippen LogP contribution in [-0.4, -0.2) is 45.7 Å². The molecular weight excluding hydrogens is 398 g/mol. The predicted molar refractivity (Wildman–Crippen MR) is 115 cm³/mol. The molecule has 0 aliphatic heterocycles. The van der Waals surface area contributed by atoms with Crippen molar-refractivity contribution < 1.29 is 24.3 Å². The highest BCUT2D eigenvalue weighted by molar-refractivity contribution is 6.02. The minimum atomic E-state index is -1.38. The average molecular weight is 421 g/mol. The van der Waals surface area contributed by atoms with Crippen LogP contribution in [0.4, 0.5) is 0 Å². The maximum Gasteiger partial charge on any atom is 0.326 e. The Labute approximate surface area is 178 Å². The lowest BCUT2D eigenvalue weighted by Gasteiger charge is -2.16. The van der Waals surface area contributed by atoms with E-state index in [1.165, 1.54) is 0 Å². The molecule has 2 atom stereocenters. The lowest BCUT2D eigenvalue weighted by Crippen LogP contribution is -2.49. The maximum absolute atomic E-state index is 13.0. The summed E-state index contributed by atoms with van der Waals surface area (Å²) in [4.78, 5) is 47.0. The zero-order valence-corrected chi connectivity index (χ0v) is 16.7. The quantitative estimate of drug-likeness (QED) is 0.338. The van der Waals surface area contributed by atoms with Gasteiger partial charge in [-0.25, -0.2) is 4.79 Å². The molecule has 3 aromatic rings. The van der Waals surface area contributed by atoms with Crippen LogP contribution in [0, 0.1) is 0 Å². The Morgan fingerprint density at radius 2 is 1.74 bits per heavy atom. The van der Waals surface area contributed by atoms with Crippen LogP contribution >= 0.6 is 0 Å². The van der Waals surface area contributed by atoms with Gasteiger partial charge in [-0.3, -0.25) is 9.59 Å². The SMILES string of the molecule is NC(CC(=O)c1cc2ccccc2n1Cc1ccccc1)C(=O)NC(CC=O)C(=O)O. The monoisotopic (exact) mass is 421 g/mol. The first-order valence-corrected chi connectivity index (χ1v) is 9.78. The van der Waals surface area contributed by atoms with Gasteiger partial charge in [-0.1, -0.05) is 48.5 Å². The summed E-state index contributed by atoms with van der Waals surface area (Å²) >= 11 is 0. The highest BCUT2D eigenvalue weighted by Gasteiger charge is 2.26. The van der Waals surface area contributed by atoms with E-state index in [9.17, 15) is 19.2 Å². The van der Waals surface area contributed by atoms with E-state index in [1.807, 2.05) is 59.2 Å². The zero-order valence-electron chi connectivity index (χ0n) is 16.7. The van der Waals surface area contributed by atoms with E-state index in [4.69, 9.17) is 10.8 Å². The predicted octanol–water partition coefficient (Wildman–Crippen LogP) is 1.75. The third-order valence-corrected chi connectivity index (χ3v) is 4.97. The van der Waals surface area contributed by atoms with Gasteiger partial charge >= 0.3 is 5.97 Å².